The number of hydrogen-bond acceptors (Lipinski definition) is 6. The zero-order valence-corrected chi connectivity index (χ0v) is 18.7. The van der Waals surface area contributed by atoms with Crippen LogP contribution in [-0.4, -0.2) is 39.4 Å². The van der Waals surface area contributed by atoms with Crippen LogP contribution in [0.25, 0.3) is 5.76 Å². The molecule has 0 radical (unpaired) electrons. The summed E-state index contributed by atoms with van der Waals surface area (Å²) in [6, 6.07) is 20.5. The fourth-order valence-electron chi connectivity index (χ4n) is 3.96. The second-order valence-electron chi connectivity index (χ2n) is 7.82. The molecule has 0 bridgehead atoms. The number of aryl methyl sites for hydroxylation is 2. The number of ketones is 1. The van der Waals surface area contributed by atoms with Crippen LogP contribution in [0.15, 0.2) is 84.7 Å². The number of hydrogen-bond donors (Lipinski definition) is 1. The van der Waals surface area contributed by atoms with Gasteiger partial charge in [0, 0.05) is 24.5 Å². The second-order valence-corrected chi connectivity index (χ2v) is 7.82. The van der Waals surface area contributed by atoms with Crippen LogP contribution in [-0.2, 0) is 25.6 Å². The van der Waals surface area contributed by atoms with Gasteiger partial charge in [0.25, 0.3) is 11.7 Å². The van der Waals surface area contributed by atoms with Crippen LogP contribution in [0.4, 0.5) is 0 Å². The lowest BCUT2D eigenvalue weighted by Crippen LogP contribution is -2.31. The van der Waals surface area contributed by atoms with Crippen LogP contribution in [0.2, 0.25) is 0 Å². The normalized spacial score (nSPS) is 16.5. The number of nitrogens with zero attached hydrogens (tertiary/aromatic N) is 2. The molecule has 2 heterocycles. The Balaban J connectivity index is 0.00000103. The van der Waals surface area contributed by atoms with Gasteiger partial charge in [0.15, 0.2) is 0 Å². The van der Waals surface area contributed by atoms with E-state index in [4.69, 9.17) is 9.59 Å². The third kappa shape index (κ3) is 5.52. The Morgan fingerprint density at radius 3 is 2.29 bits per heavy atom. The summed E-state index contributed by atoms with van der Waals surface area (Å²) in [5, 5.41) is 11.0. The largest absolute Gasteiger partial charge is 0.507 e. The maximum Gasteiger partial charge on any atom is 0.373 e. The summed E-state index contributed by atoms with van der Waals surface area (Å²) < 4.78 is 0. The lowest BCUT2D eigenvalue weighted by Gasteiger charge is -2.25. The molecule has 0 saturated carbocycles. The highest BCUT2D eigenvalue weighted by Crippen LogP contribution is 2.39. The van der Waals surface area contributed by atoms with Crippen LogP contribution in [0.1, 0.15) is 34.7 Å². The quantitative estimate of drug-likeness (QED) is 0.343. The molecule has 172 valence electrons. The lowest BCUT2D eigenvalue weighted by atomic mass is 9.95. The van der Waals surface area contributed by atoms with Crippen molar-refractivity contribution in [2.24, 2.45) is 0 Å². The first-order valence-electron chi connectivity index (χ1n) is 10.8. The zero-order chi connectivity index (χ0) is 24.5. The number of benzene rings is 2. The molecule has 1 saturated heterocycles. The molecule has 1 aliphatic heterocycles. The SMILES string of the molecule is Cc1ccc(C2C(=C(O)c3cccnc3)C(=O)C(=O)N2CCCc2ccccc2)cc1.O=C=O. The molecule has 1 unspecified atom stereocenters. The highest BCUT2D eigenvalue weighted by Gasteiger charge is 2.45. The molecule has 1 aromatic heterocycles. The first-order valence-corrected chi connectivity index (χ1v) is 10.8. The maximum absolute atomic E-state index is 13.0. The Morgan fingerprint density at radius 1 is 1.00 bits per heavy atom. The van der Waals surface area contributed by atoms with Gasteiger partial charge in [-0.3, -0.25) is 14.6 Å². The third-order valence-corrected chi connectivity index (χ3v) is 5.58. The van der Waals surface area contributed by atoms with Crippen molar-refractivity contribution in [3.63, 3.8) is 0 Å². The van der Waals surface area contributed by atoms with Crippen LogP contribution < -0.4 is 0 Å². The van der Waals surface area contributed by atoms with Crippen molar-refractivity contribution >= 4 is 23.6 Å². The van der Waals surface area contributed by atoms with E-state index in [0.717, 1.165) is 17.5 Å². The second kappa shape index (κ2) is 11.5. The van der Waals surface area contributed by atoms with E-state index in [1.165, 1.54) is 11.8 Å². The molecular weight excluding hydrogens is 432 g/mol. The minimum absolute atomic E-state index is 0.113. The molecule has 1 atom stereocenters. The summed E-state index contributed by atoms with van der Waals surface area (Å²) >= 11 is 0. The molecule has 3 aromatic rings. The Hall–Kier alpha value is -4.35. The van der Waals surface area contributed by atoms with Crippen molar-refractivity contribution in [3.8, 4) is 0 Å². The van der Waals surface area contributed by atoms with Gasteiger partial charge in [0.2, 0.25) is 0 Å². The summed E-state index contributed by atoms with van der Waals surface area (Å²) in [5.74, 6) is -1.43. The fourth-order valence-corrected chi connectivity index (χ4v) is 3.96. The van der Waals surface area contributed by atoms with Crippen molar-refractivity contribution in [3.05, 3.63) is 107 Å². The molecule has 4 rings (SSSR count). The van der Waals surface area contributed by atoms with Crippen LogP contribution >= 0.6 is 0 Å². The summed E-state index contributed by atoms with van der Waals surface area (Å²) in [6.45, 7) is 2.40. The number of Topliss-reactive ketones (excluding diaryl/α,β-unsaturated/α-hetero) is 1. The van der Waals surface area contributed by atoms with Crippen molar-refractivity contribution in [1.29, 1.82) is 0 Å². The number of rotatable bonds is 6. The first-order chi connectivity index (χ1) is 16.5. The molecule has 1 N–H and O–H groups in total. The highest BCUT2D eigenvalue weighted by molar-refractivity contribution is 6.46. The van der Waals surface area contributed by atoms with Gasteiger partial charge in [-0.05, 0) is 43.0 Å². The van der Waals surface area contributed by atoms with Crippen LogP contribution in [0, 0.1) is 6.92 Å². The van der Waals surface area contributed by atoms with E-state index in [1.807, 2.05) is 61.5 Å². The minimum atomic E-state index is -0.661. The topological polar surface area (TPSA) is 105 Å². The summed E-state index contributed by atoms with van der Waals surface area (Å²) in [4.78, 5) is 47.8. The lowest BCUT2D eigenvalue weighted by molar-refractivity contribution is -0.191. The Bertz CT molecular complexity index is 1200. The molecule has 7 heteroatoms. The molecule has 0 spiro atoms. The van der Waals surface area contributed by atoms with E-state index in [1.54, 1.807) is 23.2 Å². The van der Waals surface area contributed by atoms with Gasteiger partial charge in [0.05, 0.1) is 11.6 Å². The summed E-state index contributed by atoms with van der Waals surface area (Å²) in [7, 11) is 0. The van der Waals surface area contributed by atoms with Gasteiger partial charge >= 0.3 is 6.15 Å². The van der Waals surface area contributed by atoms with Gasteiger partial charge in [0.1, 0.15) is 5.76 Å². The van der Waals surface area contributed by atoms with Gasteiger partial charge < -0.3 is 10.0 Å². The molecule has 1 aliphatic rings. The standard InChI is InChI=1S/C26H24N2O3.CO2/c1-18-11-13-20(14-12-18)23-22(24(29)21-10-5-15-27-17-21)25(30)26(31)28(23)16-6-9-19-7-3-2-4-8-19;2-1-3/h2-5,7-8,10-15,17,23,29H,6,9,16H2,1H3;. The molecular formula is C27H24N2O5. The predicted molar refractivity (Wildman–Crippen MR) is 124 cm³/mol. The first kappa shape index (κ1) is 24.3. The smallest absolute Gasteiger partial charge is 0.373 e. The Labute approximate surface area is 197 Å². The van der Waals surface area contributed by atoms with Gasteiger partial charge in [-0.2, -0.15) is 9.59 Å². The third-order valence-electron chi connectivity index (χ3n) is 5.58. The molecule has 0 aliphatic carbocycles. The molecule has 1 fully saturated rings. The number of carbonyl (C=O) groups excluding carboxylic acids is 4. The summed E-state index contributed by atoms with van der Waals surface area (Å²) in [6.07, 6.45) is 4.85. The van der Waals surface area contributed by atoms with Crippen molar-refractivity contribution < 1.29 is 24.3 Å². The number of carbonyl (C=O) groups is 2. The molecule has 2 aromatic carbocycles. The predicted octanol–water partition coefficient (Wildman–Crippen LogP) is 3.86. The Kier molecular flexibility index (Phi) is 8.21. The van der Waals surface area contributed by atoms with Gasteiger partial charge in [-0.1, -0.05) is 60.2 Å². The number of aliphatic hydroxyl groups excluding tert-OH is 1. The molecule has 34 heavy (non-hydrogen) atoms. The molecule has 7 nitrogen and oxygen atoms in total. The Morgan fingerprint density at radius 2 is 1.68 bits per heavy atom. The van der Waals surface area contributed by atoms with E-state index < -0.39 is 17.7 Å². The van der Waals surface area contributed by atoms with E-state index in [9.17, 15) is 14.7 Å². The number of amides is 1. The van der Waals surface area contributed by atoms with Gasteiger partial charge in [-0.15, -0.1) is 0 Å². The summed E-state index contributed by atoms with van der Waals surface area (Å²) in [5.41, 5.74) is 3.59. The zero-order valence-electron chi connectivity index (χ0n) is 18.7. The van der Waals surface area contributed by atoms with Gasteiger partial charge in [-0.25, -0.2) is 0 Å². The van der Waals surface area contributed by atoms with E-state index in [-0.39, 0.29) is 17.5 Å². The average molecular weight is 456 g/mol. The maximum atomic E-state index is 13.0. The molecule has 1 amide bonds. The fraction of sp³-hybridized carbons (Fsp3) is 0.185. The average Bonchev–Trinajstić information content (AvgIpc) is 3.11. The van der Waals surface area contributed by atoms with E-state index >= 15 is 0 Å². The number of aliphatic hydroxyl groups is 1. The van der Waals surface area contributed by atoms with Crippen LogP contribution in [0.3, 0.4) is 0 Å². The van der Waals surface area contributed by atoms with Crippen molar-refractivity contribution in [1.82, 2.24) is 9.88 Å². The number of aromatic nitrogens is 1. The van der Waals surface area contributed by atoms with E-state index in [2.05, 4.69) is 4.98 Å². The van der Waals surface area contributed by atoms with Crippen LogP contribution in [0.5, 0.6) is 0 Å². The van der Waals surface area contributed by atoms with Crippen molar-refractivity contribution in [2.45, 2.75) is 25.8 Å². The minimum Gasteiger partial charge on any atom is -0.507 e. The van der Waals surface area contributed by atoms with E-state index in [0.29, 0.717) is 18.5 Å². The van der Waals surface area contributed by atoms with Crippen molar-refractivity contribution in [2.75, 3.05) is 6.54 Å². The highest BCUT2D eigenvalue weighted by atomic mass is 16.3. The monoisotopic (exact) mass is 456 g/mol. The number of likely N-dealkylation sites (tertiary alicyclic amines) is 1. The number of pyridine rings is 1.